The van der Waals surface area contributed by atoms with Crippen molar-refractivity contribution in [2.45, 2.75) is 25.5 Å². The van der Waals surface area contributed by atoms with Crippen molar-refractivity contribution in [2.24, 2.45) is 0 Å². The van der Waals surface area contributed by atoms with E-state index in [-0.39, 0.29) is 12.0 Å². The van der Waals surface area contributed by atoms with Gasteiger partial charge in [0, 0.05) is 18.2 Å². The number of carbonyl (C=O) groups is 1. The van der Waals surface area contributed by atoms with Crippen LogP contribution < -0.4 is 11.1 Å². The molecular formula is C12H15N5O2S. The van der Waals surface area contributed by atoms with E-state index < -0.39 is 0 Å². The molecule has 20 heavy (non-hydrogen) atoms. The molecule has 2 aromatic rings. The highest BCUT2D eigenvalue weighted by molar-refractivity contribution is 7.13. The molecule has 1 unspecified atom stereocenters. The minimum Gasteiger partial charge on any atom is -0.376 e. The quantitative estimate of drug-likeness (QED) is 0.887. The van der Waals surface area contributed by atoms with E-state index in [2.05, 4.69) is 15.4 Å². The highest BCUT2D eigenvalue weighted by atomic mass is 32.1. The van der Waals surface area contributed by atoms with Crippen LogP contribution in [-0.2, 0) is 11.3 Å². The SMILES string of the molecule is Nc1nc(C(=O)Nc2cnn(CC3CCCO3)c2)cs1. The fourth-order valence-electron chi connectivity index (χ4n) is 2.11. The van der Waals surface area contributed by atoms with Gasteiger partial charge in [0.15, 0.2) is 5.13 Å². The summed E-state index contributed by atoms with van der Waals surface area (Å²) in [7, 11) is 0. The number of nitrogens with two attached hydrogens (primary N) is 1. The summed E-state index contributed by atoms with van der Waals surface area (Å²) in [6, 6.07) is 0. The summed E-state index contributed by atoms with van der Waals surface area (Å²) in [6.45, 7) is 1.53. The maximum atomic E-state index is 11.9. The molecule has 8 heteroatoms. The Hall–Kier alpha value is -1.93. The normalized spacial score (nSPS) is 18.3. The van der Waals surface area contributed by atoms with Crippen LogP contribution in [0.25, 0.3) is 0 Å². The van der Waals surface area contributed by atoms with Crippen molar-refractivity contribution in [3.05, 3.63) is 23.5 Å². The molecular weight excluding hydrogens is 278 g/mol. The fraction of sp³-hybridized carbons (Fsp3) is 0.417. The summed E-state index contributed by atoms with van der Waals surface area (Å²) in [5.74, 6) is -0.283. The number of rotatable bonds is 4. The number of nitrogens with one attached hydrogen (secondary N) is 1. The summed E-state index contributed by atoms with van der Waals surface area (Å²) >= 11 is 1.24. The zero-order valence-electron chi connectivity index (χ0n) is 10.8. The van der Waals surface area contributed by atoms with Crippen molar-refractivity contribution in [3.63, 3.8) is 0 Å². The van der Waals surface area contributed by atoms with Crippen LogP contribution in [-0.4, -0.2) is 33.4 Å². The maximum Gasteiger partial charge on any atom is 0.275 e. The van der Waals surface area contributed by atoms with Gasteiger partial charge in [-0.25, -0.2) is 4.98 Å². The molecule has 1 saturated heterocycles. The summed E-state index contributed by atoms with van der Waals surface area (Å²) in [4.78, 5) is 15.8. The van der Waals surface area contributed by atoms with Gasteiger partial charge in [-0.15, -0.1) is 11.3 Å². The van der Waals surface area contributed by atoms with Crippen LogP contribution in [0.1, 0.15) is 23.3 Å². The number of nitrogens with zero attached hydrogens (tertiary/aromatic N) is 3. The lowest BCUT2D eigenvalue weighted by Crippen LogP contribution is -2.15. The predicted octanol–water partition coefficient (Wildman–Crippen LogP) is 1.35. The number of thiazole rings is 1. The van der Waals surface area contributed by atoms with E-state index in [0.29, 0.717) is 23.1 Å². The molecule has 1 amide bonds. The van der Waals surface area contributed by atoms with Gasteiger partial charge in [0.05, 0.1) is 24.5 Å². The number of carbonyl (C=O) groups excluding carboxylic acids is 1. The largest absolute Gasteiger partial charge is 0.376 e. The Morgan fingerprint density at radius 3 is 3.25 bits per heavy atom. The van der Waals surface area contributed by atoms with Crippen molar-refractivity contribution < 1.29 is 9.53 Å². The molecule has 0 spiro atoms. The average molecular weight is 293 g/mol. The highest BCUT2D eigenvalue weighted by Gasteiger charge is 2.17. The Morgan fingerprint density at radius 1 is 1.65 bits per heavy atom. The Kier molecular flexibility index (Phi) is 3.66. The van der Waals surface area contributed by atoms with Gasteiger partial charge in [0.25, 0.3) is 5.91 Å². The number of ether oxygens (including phenoxy) is 1. The molecule has 1 atom stereocenters. The standard InChI is InChI=1S/C12H15N5O2S/c13-12-16-10(7-20-12)11(18)15-8-4-14-17(5-8)6-9-2-1-3-19-9/h4-5,7,9H,1-3,6H2,(H2,13,16)(H,15,18). The van der Waals surface area contributed by atoms with Crippen molar-refractivity contribution in [1.29, 1.82) is 0 Å². The maximum absolute atomic E-state index is 11.9. The molecule has 0 bridgehead atoms. The molecule has 2 aromatic heterocycles. The first-order chi connectivity index (χ1) is 9.70. The predicted molar refractivity (Wildman–Crippen MR) is 75.7 cm³/mol. The third kappa shape index (κ3) is 2.97. The highest BCUT2D eigenvalue weighted by Crippen LogP contribution is 2.16. The van der Waals surface area contributed by atoms with E-state index in [1.54, 1.807) is 22.5 Å². The molecule has 3 heterocycles. The molecule has 1 aliphatic heterocycles. The van der Waals surface area contributed by atoms with Crippen LogP contribution in [0, 0.1) is 0 Å². The van der Waals surface area contributed by atoms with Crippen molar-refractivity contribution in [2.75, 3.05) is 17.7 Å². The number of amides is 1. The van der Waals surface area contributed by atoms with Gasteiger partial charge in [0.1, 0.15) is 5.69 Å². The Morgan fingerprint density at radius 2 is 2.55 bits per heavy atom. The van der Waals surface area contributed by atoms with Crippen molar-refractivity contribution >= 4 is 28.1 Å². The molecule has 106 valence electrons. The van der Waals surface area contributed by atoms with E-state index >= 15 is 0 Å². The van der Waals surface area contributed by atoms with Crippen molar-refractivity contribution in [3.8, 4) is 0 Å². The van der Waals surface area contributed by atoms with Crippen LogP contribution >= 0.6 is 11.3 Å². The number of aromatic nitrogens is 3. The van der Waals surface area contributed by atoms with E-state index in [4.69, 9.17) is 10.5 Å². The first-order valence-corrected chi connectivity index (χ1v) is 7.25. The van der Waals surface area contributed by atoms with Gasteiger partial charge in [-0.3, -0.25) is 9.48 Å². The minimum atomic E-state index is -0.283. The topological polar surface area (TPSA) is 95.1 Å². The van der Waals surface area contributed by atoms with Gasteiger partial charge < -0.3 is 15.8 Å². The molecule has 0 aliphatic carbocycles. The summed E-state index contributed by atoms with van der Waals surface area (Å²) in [5, 5.41) is 8.96. The van der Waals surface area contributed by atoms with Crippen LogP contribution in [0.4, 0.5) is 10.8 Å². The lowest BCUT2D eigenvalue weighted by atomic mass is 10.2. The van der Waals surface area contributed by atoms with Crippen LogP contribution in [0.3, 0.4) is 0 Å². The summed E-state index contributed by atoms with van der Waals surface area (Å²) < 4.78 is 7.33. The second-order valence-corrected chi connectivity index (χ2v) is 5.50. The van der Waals surface area contributed by atoms with E-state index in [1.165, 1.54) is 11.3 Å². The van der Waals surface area contributed by atoms with Crippen LogP contribution in [0.15, 0.2) is 17.8 Å². The summed E-state index contributed by atoms with van der Waals surface area (Å²) in [6.07, 6.45) is 5.77. The lowest BCUT2D eigenvalue weighted by molar-refractivity contribution is 0.0940. The molecule has 1 aliphatic rings. The second-order valence-electron chi connectivity index (χ2n) is 4.61. The molecule has 7 nitrogen and oxygen atoms in total. The summed E-state index contributed by atoms with van der Waals surface area (Å²) in [5.41, 5.74) is 6.46. The first kappa shape index (κ1) is 13.1. The lowest BCUT2D eigenvalue weighted by Gasteiger charge is -2.08. The Labute approximate surface area is 119 Å². The second kappa shape index (κ2) is 5.59. The smallest absolute Gasteiger partial charge is 0.275 e. The van der Waals surface area contributed by atoms with Gasteiger partial charge in [-0.1, -0.05) is 0 Å². The zero-order valence-corrected chi connectivity index (χ0v) is 11.6. The third-order valence-corrected chi connectivity index (χ3v) is 3.73. The van der Waals surface area contributed by atoms with Crippen LogP contribution in [0.5, 0.6) is 0 Å². The molecule has 0 aromatic carbocycles. The van der Waals surface area contributed by atoms with Crippen molar-refractivity contribution in [1.82, 2.24) is 14.8 Å². The Balaban J connectivity index is 1.60. The van der Waals surface area contributed by atoms with E-state index in [1.807, 2.05) is 0 Å². The molecule has 1 fully saturated rings. The zero-order chi connectivity index (χ0) is 13.9. The third-order valence-electron chi connectivity index (χ3n) is 3.06. The fourth-order valence-corrected chi connectivity index (χ4v) is 2.66. The van der Waals surface area contributed by atoms with E-state index in [0.717, 1.165) is 19.4 Å². The number of hydrogen-bond donors (Lipinski definition) is 2. The molecule has 3 N–H and O–H groups in total. The first-order valence-electron chi connectivity index (χ1n) is 6.37. The molecule has 0 radical (unpaired) electrons. The monoisotopic (exact) mass is 293 g/mol. The Bertz CT molecular complexity index is 603. The number of hydrogen-bond acceptors (Lipinski definition) is 6. The molecule has 0 saturated carbocycles. The average Bonchev–Trinajstić information content (AvgIpc) is 3.13. The number of nitrogen functional groups attached to an aromatic ring is 1. The van der Waals surface area contributed by atoms with Crippen LogP contribution in [0.2, 0.25) is 0 Å². The van der Waals surface area contributed by atoms with Gasteiger partial charge >= 0.3 is 0 Å². The van der Waals surface area contributed by atoms with Gasteiger partial charge in [-0.05, 0) is 12.8 Å². The van der Waals surface area contributed by atoms with Gasteiger partial charge in [-0.2, -0.15) is 5.10 Å². The number of anilines is 2. The molecule has 3 rings (SSSR count). The van der Waals surface area contributed by atoms with Gasteiger partial charge in [0.2, 0.25) is 0 Å². The van der Waals surface area contributed by atoms with E-state index in [9.17, 15) is 4.79 Å². The minimum absolute atomic E-state index is 0.219.